The molecule has 40 nitrogen and oxygen atoms in total. The van der Waals surface area contributed by atoms with Crippen molar-refractivity contribution in [2.24, 2.45) is 23.5 Å². The Balaban J connectivity index is 0.000000168. The predicted octanol–water partition coefficient (Wildman–Crippen LogP) is 8.75. The number of Topliss-reactive ketones (excluding diaryl/α,β-unsaturated/α-hetero) is 1. The van der Waals surface area contributed by atoms with Crippen LogP contribution in [0.15, 0.2) is 89.6 Å². The Labute approximate surface area is 768 Å². The molecule has 126 heavy (non-hydrogen) atoms. The van der Waals surface area contributed by atoms with Gasteiger partial charge in [-0.05, 0) is 188 Å². The van der Waals surface area contributed by atoms with E-state index >= 15 is 0 Å². The van der Waals surface area contributed by atoms with Gasteiger partial charge in [0.1, 0.15) is 122 Å². The summed E-state index contributed by atoms with van der Waals surface area (Å²) < 4.78 is 15.6. The van der Waals surface area contributed by atoms with Gasteiger partial charge >= 0.3 is 12.2 Å². The number of anilines is 8. The molecule has 7 aliphatic heterocycles. The molecule has 0 aromatic carbocycles. The van der Waals surface area contributed by atoms with Gasteiger partial charge in [-0.2, -0.15) is 0 Å². The lowest BCUT2D eigenvalue weighted by Gasteiger charge is -2.41. The van der Waals surface area contributed by atoms with Gasteiger partial charge in [0.25, 0.3) is 45.9 Å². The highest BCUT2D eigenvalue weighted by Gasteiger charge is 2.52. The number of carbonyl (C=O) groups excluding carboxylic acids is 10. The molecule has 10 aliphatic rings. The molecule has 48 heteroatoms. The Hall–Kier alpha value is -10.4. The predicted molar refractivity (Wildman–Crippen MR) is 478 cm³/mol. The van der Waals surface area contributed by atoms with E-state index in [1.165, 1.54) is 72.8 Å². The smallest absolute Gasteiger partial charge is 0.410 e. The molecular weight excluding hydrogens is 1900 g/mol. The van der Waals surface area contributed by atoms with Gasteiger partial charge in [-0.3, -0.25) is 71.2 Å². The number of nitrogens with one attached hydrogen (secondary N) is 11. The fraction of sp³-hybridized carbons (Fsp3) is 0.462. The molecular formula is C78H92Br2Cl6N24O16. The maximum Gasteiger partial charge on any atom is 0.410 e. The molecule has 0 radical (unpaired) electrons. The summed E-state index contributed by atoms with van der Waals surface area (Å²) in [5.74, 6) is 0.494. The number of primary amides is 1. The number of H-pyrrole nitrogens is 1. The van der Waals surface area contributed by atoms with Gasteiger partial charge in [-0.15, -0.1) is 24.8 Å². The molecule has 3 aliphatic carbocycles. The van der Waals surface area contributed by atoms with Crippen molar-refractivity contribution in [3.63, 3.8) is 0 Å². The number of amides is 9. The molecule has 2 atom stereocenters. The molecule has 2 unspecified atom stereocenters. The zero-order valence-corrected chi connectivity index (χ0v) is 76.6. The van der Waals surface area contributed by atoms with Gasteiger partial charge in [0.2, 0.25) is 17.7 Å². The number of piperidine rings is 4. The van der Waals surface area contributed by atoms with E-state index in [9.17, 15) is 67.1 Å². The van der Waals surface area contributed by atoms with E-state index in [1.807, 2.05) is 0 Å². The van der Waals surface area contributed by atoms with Crippen LogP contribution < -0.4 is 86.9 Å². The number of carbonyl (C=O) groups is 10. The Kier molecular flexibility index (Phi) is 31.6. The summed E-state index contributed by atoms with van der Waals surface area (Å²) in [6, 6.07) is 10.1. The van der Waals surface area contributed by atoms with Crippen molar-refractivity contribution >= 4 is 209 Å². The number of pyridine rings is 4. The Morgan fingerprint density at radius 3 is 1.26 bits per heavy atom. The standard InChI is InChI=1S/C24H28ClN7O5.C19H20ClN7O3.C16H19BrClN3O4.C8H10N4O.C6H4BrClN2O2.C5H9NO.2ClH/c1-23(2,3)37-22(36)31-8-4-7-24(11-31)30-20(34)18-14(25)9-15(21(35)32(18)24)28-16-10-17(27-12-26-16)29-19(33)13-5-6-13;20-11-7-12(24-13-8-14(23-9-22-13)25-16(28)10-1-2-10)18(30)27-15(11)17(29)26-19(27)3-5-21-6-4-19;1-15(2,3)25-14(24)20-6-4-5-16(8-20)19-12(22)11-10(18)7-9(17)13(23)21(11)16;9-6-3-7(11-4-10-6)12-8(13)5-1-2-5;7-2-1-3(8)4(5(9)11)10-6(2)12;7-5-2-1-3-6-4-5;;/h9-10,12-13H,4-8,11H2,1-3H3,(H,30,34)(H2,26,27,28,29,33);7-10,21H,1-6H2,(H,26,29)(H2,22,23,24,25,28);7H,4-6,8H2,1-3H3,(H,19,22);3-5H,1-2H2,(H3,9,10,11,12,13);1H,(H2,9,11)(H,10,12);6H,1-4H2;2*1H. The van der Waals surface area contributed by atoms with Crippen molar-refractivity contribution in [2.45, 2.75) is 160 Å². The number of nitrogens with zero attached hydrogens (tertiary/aromatic N) is 11. The first-order valence-electron chi connectivity index (χ1n) is 39.6. The van der Waals surface area contributed by atoms with E-state index in [2.05, 4.69) is 120 Å². The molecule has 7 aromatic rings. The van der Waals surface area contributed by atoms with Crippen molar-refractivity contribution < 1.29 is 57.4 Å². The fourth-order valence-corrected chi connectivity index (χ4v) is 16.4. The molecule has 17 rings (SSSR count). The number of likely N-dealkylation sites (tertiary alicyclic amines) is 2. The number of nitrogen functional groups attached to an aromatic ring is 1. The first-order chi connectivity index (χ1) is 58.6. The van der Waals surface area contributed by atoms with E-state index in [4.69, 9.17) is 67.3 Å². The van der Waals surface area contributed by atoms with Crippen LogP contribution in [0.1, 0.15) is 173 Å². The summed E-state index contributed by atoms with van der Waals surface area (Å²) in [7, 11) is 0. The van der Waals surface area contributed by atoms with Crippen LogP contribution in [0.25, 0.3) is 0 Å². The average molecular weight is 1990 g/mol. The van der Waals surface area contributed by atoms with Crippen LogP contribution in [-0.2, 0) is 45.6 Å². The normalized spacial score (nSPS) is 19.0. The van der Waals surface area contributed by atoms with Crippen molar-refractivity contribution in [3.05, 3.63) is 155 Å². The Morgan fingerprint density at radius 1 is 0.484 bits per heavy atom. The summed E-state index contributed by atoms with van der Waals surface area (Å²) in [6.07, 6.45) is 13.4. The molecule has 7 aromatic heterocycles. The van der Waals surface area contributed by atoms with Gasteiger partial charge in [0.15, 0.2) is 0 Å². The van der Waals surface area contributed by atoms with Crippen LogP contribution in [0.5, 0.6) is 0 Å². The maximum atomic E-state index is 13.7. The topological polar surface area (TPSA) is 544 Å². The molecule has 3 spiro atoms. The third-order valence-corrected chi connectivity index (χ3v) is 22.9. The minimum absolute atomic E-state index is 0. The summed E-state index contributed by atoms with van der Waals surface area (Å²) in [6.45, 7) is 14.8. The molecule has 7 fully saturated rings. The largest absolute Gasteiger partial charge is 0.444 e. The lowest BCUT2D eigenvalue weighted by molar-refractivity contribution is -0.119. The molecule has 14 heterocycles. The molecule has 4 saturated heterocycles. The first kappa shape index (κ1) is 97.7. The van der Waals surface area contributed by atoms with Gasteiger partial charge in [-0.25, -0.2) is 39.5 Å². The number of halogens is 8. The van der Waals surface area contributed by atoms with E-state index in [1.54, 1.807) is 53.7 Å². The van der Waals surface area contributed by atoms with E-state index in [0.29, 0.717) is 106 Å². The van der Waals surface area contributed by atoms with Crippen LogP contribution in [0.4, 0.5) is 55.9 Å². The fourth-order valence-electron chi connectivity index (χ4n) is 14.4. The van der Waals surface area contributed by atoms with Crippen molar-refractivity contribution in [3.8, 4) is 0 Å². The van der Waals surface area contributed by atoms with E-state index in [0.717, 1.165) is 57.9 Å². The molecule has 9 amide bonds. The second kappa shape index (κ2) is 40.7. The SMILES string of the molecule is CC(C)(C)OC(=O)N1CCCC2(C1)NC(=O)c1c(Cl)cc(Br)c(=O)n12.CC(C)(C)OC(=O)N1CCCC2(C1)NC(=O)c1c(Cl)cc(Nc3cc(NC(=O)C4CC4)ncn3)c(=O)n12.Cl.Cl.NC(=O)c1[nH]c(=O)c(Br)cc1Cl.Nc1cc(NC(=O)C2CC2)ncn1.O=C1CCCNC1.O=C1NC2(CCNCC2)n2c1c(Cl)cc(Nc1cc(NC(=O)C3CC3)ncn1)c2=O. The minimum Gasteiger partial charge on any atom is -0.444 e. The molecule has 676 valence electrons. The highest BCUT2D eigenvalue weighted by atomic mass is 79.9. The molecule has 15 N–H and O–H groups in total. The lowest BCUT2D eigenvalue weighted by atomic mass is 9.98. The lowest BCUT2D eigenvalue weighted by Crippen LogP contribution is -2.59. The number of fused-ring (bicyclic) bond motifs is 6. The number of hydrogen-bond acceptors (Lipinski definition) is 27. The van der Waals surface area contributed by atoms with Crippen molar-refractivity contribution in [1.29, 1.82) is 0 Å². The summed E-state index contributed by atoms with van der Waals surface area (Å²) in [4.78, 5) is 199. The summed E-state index contributed by atoms with van der Waals surface area (Å²) >= 11 is 30.8. The van der Waals surface area contributed by atoms with Crippen LogP contribution in [0.3, 0.4) is 0 Å². The number of nitrogens with two attached hydrogens (primary N) is 2. The summed E-state index contributed by atoms with van der Waals surface area (Å²) in [5, 5.41) is 29.6. The number of hydrogen-bond donors (Lipinski definition) is 13. The molecule has 0 bridgehead atoms. The van der Waals surface area contributed by atoms with E-state index < -0.39 is 69.2 Å². The third kappa shape index (κ3) is 23.9. The second-order valence-corrected chi connectivity index (χ2v) is 36.0. The second-order valence-electron chi connectivity index (χ2n) is 32.6. The number of aromatic amines is 1. The highest BCUT2D eigenvalue weighted by Crippen LogP contribution is 2.40. The van der Waals surface area contributed by atoms with E-state index in [-0.39, 0.29) is 159 Å². The van der Waals surface area contributed by atoms with Gasteiger partial charge in [0, 0.05) is 68.3 Å². The van der Waals surface area contributed by atoms with Crippen LogP contribution in [0, 0.1) is 17.8 Å². The van der Waals surface area contributed by atoms with Gasteiger partial charge in [0.05, 0.1) is 48.7 Å². The number of rotatable bonds is 11. The van der Waals surface area contributed by atoms with Gasteiger partial charge in [-0.1, -0.05) is 46.4 Å². The number of aromatic nitrogens is 10. The number of ether oxygens (including phenoxy) is 2. The number of ketones is 1. The van der Waals surface area contributed by atoms with Crippen molar-refractivity contribution in [2.75, 3.05) is 84.7 Å². The monoisotopic (exact) mass is 1990 g/mol. The third-order valence-electron chi connectivity index (χ3n) is 20.5. The Morgan fingerprint density at radius 2 is 0.873 bits per heavy atom. The molecule has 3 saturated carbocycles. The highest BCUT2D eigenvalue weighted by molar-refractivity contribution is 9.10. The zero-order valence-electron chi connectivity index (χ0n) is 68.8. The maximum absolute atomic E-state index is 13.7. The van der Waals surface area contributed by atoms with Crippen LogP contribution in [0.2, 0.25) is 20.1 Å². The minimum atomic E-state index is -1.17. The van der Waals surface area contributed by atoms with Crippen LogP contribution in [-0.4, -0.2) is 181 Å². The Bertz CT molecular complexity index is 5670. The van der Waals surface area contributed by atoms with Crippen LogP contribution >= 0.6 is 103 Å². The van der Waals surface area contributed by atoms with Gasteiger partial charge < -0.3 is 88.9 Å². The average Bonchev–Trinajstić information content (AvgIpc) is 1.58. The zero-order chi connectivity index (χ0) is 89.7. The van der Waals surface area contributed by atoms with Crippen molar-refractivity contribution in [1.82, 2.24) is 85.0 Å². The summed E-state index contributed by atoms with van der Waals surface area (Å²) in [5.41, 5.74) is 4.93. The quantitative estimate of drug-likeness (QED) is 0.0575. The first-order valence-corrected chi connectivity index (χ1v) is 42.7.